The number of nitrogens with zero attached hydrogens (tertiary/aromatic N) is 2. The molecule has 0 aliphatic carbocycles. The van der Waals surface area contributed by atoms with Crippen LogP contribution in [0.2, 0.25) is 0 Å². The average molecular weight is 291 g/mol. The zero-order valence-corrected chi connectivity index (χ0v) is 12.9. The Morgan fingerprint density at radius 3 is 2.76 bits per heavy atom. The molecule has 1 unspecified atom stereocenters. The van der Waals surface area contributed by atoms with Crippen LogP contribution in [-0.4, -0.2) is 56.4 Å². The van der Waals surface area contributed by atoms with Crippen molar-refractivity contribution in [1.82, 2.24) is 9.80 Å². The first kappa shape index (κ1) is 14.6. The number of hydrogen-bond donors (Lipinski definition) is 1. The summed E-state index contributed by atoms with van der Waals surface area (Å²) >= 11 is 0. The van der Waals surface area contributed by atoms with Crippen molar-refractivity contribution in [2.24, 2.45) is 5.73 Å². The van der Waals surface area contributed by atoms with E-state index < -0.39 is 0 Å². The highest BCUT2D eigenvalue weighted by Gasteiger charge is 2.23. The van der Waals surface area contributed by atoms with Gasteiger partial charge in [0.2, 0.25) is 6.79 Å². The molecular weight excluding hydrogens is 266 g/mol. The third-order valence-corrected chi connectivity index (χ3v) is 4.62. The Morgan fingerprint density at radius 1 is 1.29 bits per heavy atom. The van der Waals surface area contributed by atoms with Crippen molar-refractivity contribution in [3.63, 3.8) is 0 Å². The molecule has 2 heterocycles. The quantitative estimate of drug-likeness (QED) is 0.910. The largest absolute Gasteiger partial charge is 0.454 e. The Morgan fingerprint density at radius 2 is 2.00 bits per heavy atom. The van der Waals surface area contributed by atoms with E-state index in [1.165, 1.54) is 25.9 Å². The van der Waals surface area contributed by atoms with Crippen LogP contribution in [0.5, 0.6) is 11.5 Å². The Kier molecular flexibility index (Phi) is 4.33. The number of rotatable bonds is 4. The van der Waals surface area contributed by atoms with Crippen LogP contribution < -0.4 is 15.2 Å². The lowest BCUT2D eigenvalue weighted by atomic mass is 10.0. The second-order valence-electron chi connectivity index (χ2n) is 6.19. The van der Waals surface area contributed by atoms with Crippen molar-refractivity contribution in [3.05, 3.63) is 23.8 Å². The molecule has 116 valence electrons. The van der Waals surface area contributed by atoms with Crippen LogP contribution in [0.3, 0.4) is 0 Å². The maximum absolute atomic E-state index is 6.38. The lowest BCUT2D eigenvalue weighted by molar-refractivity contribution is 0.139. The van der Waals surface area contributed by atoms with Crippen LogP contribution in [0, 0.1) is 0 Å². The van der Waals surface area contributed by atoms with Gasteiger partial charge in [0.05, 0.1) is 0 Å². The minimum Gasteiger partial charge on any atom is -0.454 e. The summed E-state index contributed by atoms with van der Waals surface area (Å²) in [5, 5.41) is 0. The molecule has 5 heteroatoms. The third kappa shape index (κ3) is 3.31. The van der Waals surface area contributed by atoms with Crippen LogP contribution >= 0.6 is 0 Å². The summed E-state index contributed by atoms with van der Waals surface area (Å²) in [6.45, 7) is 3.53. The maximum atomic E-state index is 6.38. The van der Waals surface area contributed by atoms with Crippen molar-refractivity contribution in [3.8, 4) is 11.5 Å². The fourth-order valence-corrected chi connectivity index (χ4v) is 3.14. The highest BCUT2D eigenvalue weighted by Crippen LogP contribution is 2.34. The van der Waals surface area contributed by atoms with Crippen molar-refractivity contribution in [1.29, 1.82) is 0 Å². The fraction of sp³-hybridized carbons (Fsp3) is 0.625. The molecule has 2 aliphatic heterocycles. The van der Waals surface area contributed by atoms with Gasteiger partial charge in [-0.15, -0.1) is 0 Å². The van der Waals surface area contributed by atoms with Gasteiger partial charge in [-0.2, -0.15) is 0 Å². The summed E-state index contributed by atoms with van der Waals surface area (Å²) < 4.78 is 10.8. The molecule has 5 nitrogen and oxygen atoms in total. The fourth-order valence-electron chi connectivity index (χ4n) is 3.14. The van der Waals surface area contributed by atoms with Crippen LogP contribution in [0.15, 0.2) is 18.2 Å². The Bertz CT molecular complexity index is 486. The molecular formula is C16H25N3O2. The summed E-state index contributed by atoms with van der Waals surface area (Å²) in [6.07, 6.45) is 2.45. The normalized spacial score (nSPS) is 21.0. The molecule has 21 heavy (non-hydrogen) atoms. The van der Waals surface area contributed by atoms with Gasteiger partial charge in [-0.1, -0.05) is 6.07 Å². The molecule has 1 saturated heterocycles. The monoisotopic (exact) mass is 291 g/mol. The SMILES string of the molecule is CN1CCC(N(C)CC(N)c2ccc3c(c2)OCO3)CC1. The molecule has 0 spiro atoms. The standard InChI is InChI=1S/C16H25N3O2/c1-18-7-5-13(6-8-18)19(2)10-14(17)12-3-4-15-16(9-12)21-11-20-15/h3-4,9,13-14H,5-8,10-11,17H2,1-2H3. The molecule has 0 amide bonds. The molecule has 3 rings (SSSR count). The van der Waals surface area contributed by atoms with E-state index in [9.17, 15) is 0 Å². The highest BCUT2D eigenvalue weighted by atomic mass is 16.7. The number of nitrogens with two attached hydrogens (primary N) is 1. The van der Waals surface area contributed by atoms with E-state index in [1.807, 2.05) is 18.2 Å². The molecule has 1 aromatic carbocycles. The summed E-state index contributed by atoms with van der Waals surface area (Å²) in [7, 11) is 4.37. The van der Waals surface area contributed by atoms with Crippen molar-refractivity contribution >= 4 is 0 Å². The van der Waals surface area contributed by atoms with E-state index in [0.717, 1.165) is 23.6 Å². The number of likely N-dealkylation sites (N-methyl/N-ethyl adjacent to an activating group) is 1. The minimum absolute atomic E-state index is 0.00385. The first-order valence-electron chi connectivity index (χ1n) is 7.67. The number of ether oxygens (including phenoxy) is 2. The average Bonchev–Trinajstić information content (AvgIpc) is 2.95. The zero-order chi connectivity index (χ0) is 14.8. The number of likely N-dealkylation sites (tertiary alicyclic amines) is 1. The van der Waals surface area contributed by atoms with Gasteiger partial charge in [-0.25, -0.2) is 0 Å². The topological polar surface area (TPSA) is 51.0 Å². The molecule has 1 atom stereocenters. The Hall–Kier alpha value is -1.30. The lowest BCUT2D eigenvalue weighted by Gasteiger charge is -2.36. The molecule has 0 bridgehead atoms. The molecule has 1 aromatic rings. The minimum atomic E-state index is 0.00385. The van der Waals surface area contributed by atoms with E-state index >= 15 is 0 Å². The van der Waals surface area contributed by atoms with Gasteiger partial charge < -0.3 is 25.0 Å². The van der Waals surface area contributed by atoms with Gasteiger partial charge in [0, 0.05) is 18.6 Å². The van der Waals surface area contributed by atoms with Gasteiger partial charge >= 0.3 is 0 Å². The predicted molar refractivity (Wildman–Crippen MR) is 82.6 cm³/mol. The molecule has 0 aromatic heterocycles. The number of benzene rings is 1. The lowest BCUT2D eigenvalue weighted by Crippen LogP contribution is -2.44. The predicted octanol–water partition coefficient (Wildman–Crippen LogP) is 1.44. The Balaban J connectivity index is 1.59. The van der Waals surface area contributed by atoms with E-state index in [1.54, 1.807) is 0 Å². The molecule has 2 N–H and O–H groups in total. The van der Waals surface area contributed by atoms with E-state index in [4.69, 9.17) is 15.2 Å². The number of piperidine rings is 1. The van der Waals surface area contributed by atoms with Gasteiger partial charge in [-0.05, 0) is 57.7 Å². The summed E-state index contributed by atoms with van der Waals surface area (Å²) in [4.78, 5) is 4.80. The van der Waals surface area contributed by atoms with Crippen molar-refractivity contribution in [2.45, 2.75) is 24.9 Å². The molecule has 2 aliphatic rings. The summed E-state index contributed by atoms with van der Waals surface area (Å²) in [6, 6.07) is 6.65. The van der Waals surface area contributed by atoms with Crippen molar-refractivity contribution < 1.29 is 9.47 Å². The smallest absolute Gasteiger partial charge is 0.231 e. The van der Waals surface area contributed by atoms with E-state index in [0.29, 0.717) is 12.8 Å². The second kappa shape index (κ2) is 6.22. The van der Waals surface area contributed by atoms with E-state index in [2.05, 4.69) is 23.9 Å². The number of hydrogen-bond acceptors (Lipinski definition) is 5. The first-order chi connectivity index (χ1) is 10.1. The van der Waals surface area contributed by atoms with Crippen LogP contribution in [-0.2, 0) is 0 Å². The van der Waals surface area contributed by atoms with Gasteiger partial charge in [-0.3, -0.25) is 0 Å². The Labute approximate surface area is 126 Å². The first-order valence-corrected chi connectivity index (χ1v) is 7.67. The zero-order valence-electron chi connectivity index (χ0n) is 12.9. The number of fused-ring (bicyclic) bond motifs is 1. The van der Waals surface area contributed by atoms with Crippen LogP contribution in [0.4, 0.5) is 0 Å². The van der Waals surface area contributed by atoms with Crippen LogP contribution in [0.1, 0.15) is 24.4 Å². The van der Waals surface area contributed by atoms with Crippen molar-refractivity contribution in [2.75, 3.05) is 40.5 Å². The molecule has 1 fully saturated rings. The van der Waals surface area contributed by atoms with Gasteiger partial charge in [0.15, 0.2) is 11.5 Å². The van der Waals surface area contributed by atoms with E-state index in [-0.39, 0.29) is 6.04 Å². The summed E-state index contributed by atoms with van der Waals surface area (Å²) in [5.41, 5.74) is 7.49. The van der Waals surface area contributed by atoms with Gasteiger partial charge in [0.1, 0.15) is 0 Å². The molecule has 0 radical (unpaired) electrons. The van der Waals surface area contributed by atoms with Crippen LogP contribution in [0.25, 0.3) is 0 Å². The summed E-state index contributed by atoms with van der Waals surface area (Å²) in [5.74, 6) is 1.62. The highest BCUT2D eigenvalue weighted by molar-refractivity contribution is 5.45. The molecule has 0 saturated carbocycles. The maximum Gasteiger partial charge on any atom is 0.231 e. The second-order valence-corrected chi connectivity index (χ2v) is 6.19. The third-order valence-electron chi connectivity index (χ3n) is 4.62. The van der Waals surface area contributed by atoms with Gasteiger partial charge in [0.25, 0.3) is 0 Å².